The number of rotatable bonds is 2. The number of hydrogen-bond donors (Lipinski definition) is 5. The summed E-state index contributed by atoms with van der Waals surface area (Å²) in [5.41, 5.74) is 6.37. The van der Waals surface area contributed by atoms with E-state index in [0.29, 0.717) is 0 Å². The van der Waals surface area contributed by atoms with Gasteiger partial charge in [0.25, 0.3) is 0 Å². The third-order valence-electron chi connectivity index (χ3n) is 2.02. The van der Waals surface area contributed by atoms with Crippen LogP contribution in [0.5, 0.6) is 0 Å². The van der Waals surface area contributed by atoms with Crippen molar-refractivity contribution in [3.05, 3.63) is 0 Å². The quantitative estimate of drug-likeness (QED) is 0.247. The molecule has 80 valence electrons. The molecule has 0 aromatic carbocycles. The molecule has 1 aliphatic heterocycles. The fraction of sp³-hybridized carbons (Fsp3) is 1.00. The maximum Gasteiger partial charge on any atom is 0.214 e. The summed E-state index contributed by atoms with van der Waals surface area (Å²) in [5.74, 6) is 0. The fourth-order valence-electron chi connectivity index (χ4n) is 1.20. The van der Waals surface area contributed by atoms with Crippen molar-refractivity contribution in [1.29, 1.82) is 5.53 Å². The summed E-state index contributed by atoms with van der Waals surface area (Å²) in [6.07, 6.45) is -6.95. The first-order valence-corrected chi connectivity index (χ1v) is 3.99. The van der Waals surface area contributed by atoms with Crippen LogP contribution in [-0.2, 0) is 4.74 Å². The molecule has 1 heterocycles. The highest BCUT2D eigenvalue weighted by atomic mass is 16.6. The summed E-state index contributed by atoms with van der Waals surface area (Å²) in [5, 5.41) is 40.0. The molecule has 0 radical (unpaired) electrons. The van der Waals surface area contributed by atoms with E-state index in [0.717, 1.165) is 0 Å². The van der Waals surface area contributed by atoms with Crippen molar-refractivity contribution in [3.63, 3.8) is 0 Å². The van der Waals surface area contributed by atoms with Gasteiger partial charge in [-0.3, -0.25) is 0 Å². The van der Waals surface area contributed by atoms with Crippen LogP contribution in [0.25, 0.3) is 0 Å². The predicted octanol–water partition coefficient (Wildman–Crippen LogP) is -2.66. The van der Waals surface area contributed by atoms with Crippen molar-refractivity contribution in [2.45, 2.75) is 30.7 Å². The standard InChI is InChI=1S/C6H12N3O5/c7-9-8-1-2-3(10)4(11)5(12)6(13)14-2/h2-7,10-13H,1H2/q+1/t2-,3+,4-,5+,6-/m0/s1. The Bertz CT molecular complexity index is 244. The van der Waals surface area contributed by atoms with Crippen molar-refractivity contribution in [2.75, 3.05) is 6.54 Å². The first-order valence-electron chi connectivity index (χ1n) is 3.99. The molecule has 0 saturated carbocycles. The van der Waals surface area contributed by atoms with E-state index < -0.39 is 30.7 Å². The Morgan fingerprint density at radius 2 is 1.79 bits per heavy atom. The van der Waals surface area contributed by atoms with Crippen LogP contribution in [0.2, 0.25) is 0 Å². The lowest BCUT2D eigenvalue weighted by Crippen LogP contribution is -2.58. The summed E-state index contributed by atoms with van der Waals surface area (Å²) < 4.78 is 4.74. The molecule has 8 nitrogen and oxygen atoms in total. The van der Waals surface area contributed by atoms with Crippen molar-refractivity contribution in [1.82, 2.24) is 4.91 Å². The molecule has 0 unspecified atom stereocenters. The van der Waals surface area contributed by atoms with Crippen LogP contribution in [0.4, 0.5) is 0 Å². The first-order chi connectivity index (χ1) is 6.57. The van der Waals surface area contributed by atoms with Gasteiger partial charge in [-0.15, -0.1) is 0 Å². The van der Waals surface area contributed by atoms with Crippen LogP contribution >= 0.6 is 0 Å². The average molecular weight is 206 g/mol. The largest absolute Gasteiger partial charge is 0.388 e. The minimum atomic E-state index is -1.57. The van der Waals surface area contributed by atoms with E-state index in [-0.39, 0.29) is 6.54 Å². The Balaban J connectivity index is 2.64. The van der Waals surface area contributed by atoms with Gasteiger partial charge in [0.2, 0.25) is 4.91 Å². The Kier molecular flexibility index (Phi) is 3.64. The summed E-state index contributed by atoms with van der Waals surface area (Å²) in [4.78, 5) is 2.69. The Labute approximate surface area is 79.0 Å². The van der Waals surface area contributed by atoms with Crippen molar-refractivity contribution in [3.8, 4) is 0 Å². The summed E-state index contributed by atoms with van der Waals surface area (Å²) in [7, 11) is 0. The van der Waals surface area contributed by atoms with Gasteiger partial charge in [-0.1, -0.05) is 0 Å². The van der Waals surface area contributed by atoms with E-state index in [4.69, 9.17) is 20.5 Å². The van der Waals surface area contributed by atoms with Crippen molar-refractivity contribution < 1.29 is 25.2 Å². The molecule has 8 heteroatoms. The molecule has 1 rings (SSSR count). The molecular weight excluding hydrogens is 194 g/mol. The summed E-state index contributed by atoms with van der Waals surface area (Å²) >= 11 is 0. The molecule has 0 aromatic rings. The van der Waals surface area contributed by atoms with Crippen LogP contribution in [-0.4, -0.2) is 57.7 Å². The zero-order valence-corrected chi connectivity index (χ0v) is 7.19. The first kappa shape index (κ1) is 11.2. The van der Waals surface area contributed by atoms with Gasteiger partial charge in [-0.2, -0.15) is 0 Å². The van der Waals surface area contributed by atoms with Gasteiger partial charge in [0.05, 0.1) is 0 Å². The molecule has 0 aliphatic carbocycles. The molecule has 14 heavy (non-hydrogen) atoms. The highest BCUT2D eigenvalue weighted by molar-refractivity contribution is 4.89. The second-order valence-corrected chi connectivity index (χ2v) is 2.96. The van der Waals surface area contributed by atoms with E-state index in [2.05, 4.69) is 10.0 Å². The fourth-order valence-corrected chi connectivity index (χ4v) is 1.20. The van der Waals surface area contributed by atoms with Gasteiger partial charge in [0.1, 0.15) is 35.1 Å². The maximum atomic E-state index is 9.34. The minimum absolute atomic E-state index is 0.161. The van der Waals surface area contributed by atoms with Gasteiger partial charge in [-0.25, -0.2) is 0 Å². The molecule has 0 spiro atoms. The number of hydrogen-bond acceptors (Lipinski definition) is 7. The molecule has 0 aromatic heterocycles. The molecule has 1 saturated heterocycles. The zero-order valence-electron chi connectivity index (χ0n) is 7.19. The minimum Gasteiger partial charge on any atom is -0.388 e. The predicted molar refractivity (Wildman–Crippen MR) is 41.0 cm³/mol. The van der Waals surface area contributed by atoms with E-state index in [1.807, 2.05) is 0 Å². The van der Waals surface area contributed by atoms with E-state index >= 15 is 0 Å². The molecular formula is C6H12N3O5+. The maximum absolute atomic E-state index is 9.34. The smallest absolute Gasteiger partial charge is 0.214 e. The van der Waals surface area contributed by atoms with Gasteiger partial charge in [-0.05, 0) is 0 Å². The normalized spacial score (nSPS) is 43.0. The molecule has 1 fully saturated rings. The van der Waals surface area contributed by atoms with Crippen molar-refractivity contribution in [2.24, 2.45) is 5.11 Å². The van der Waals surface area contributed by atoms with E-state index in [1.54, 1.807) is 0 Å². The van der Waals surface area contributed by atoms with Crippen LogP contribution in [0.1, 0.15) is 0 Å². The highest BCUT2D eigenvalue weighted by Gasteiger charge is 2.43. The second kappa shape index (κ2) is 4.56. The number of ether oxygens (including phenoxy) is 1. The van der Waals surface area contributed by atoms with E-state index in [1.165, 1.54) is 0 Å². The average Bonchev–Trinajstić information content (AvgIpc) is 2.18. The van der Waals surface area contributed by atoms with Gasteiger partial charge < -0.3 is 25.2 Å². The van der Waals surface area contributed by atoms with Crippen molar-refractivity contribution >= 4 is 0 Å². The molecule has 5 N–H and O–H groups in total. The lowest BCUT2D eigenvalue weighted by atomic mass is 9.99. The molecule has 1 aliphatic rings. The SMILES string of the molecule is N=[N+]=NC[C@@H]1O[C@H](O)[C@H](O)[C@@H](O)[C@@H]1O. The summed E-state index contributed by atoms with van der Waals surface area (Å²) in [6, 6.07) is 0. The third kappa shape index (κ3) is 2.13. The van der Waals surface area contributed by atoms with Gasteiger partial charge >= 0.3 is 0 Å². The Morgan fingerprint density at radius 1 is 1.14 bits per heavy atom. The van der Waals surface area contributed by atoms with Gasteiger partial charge in [0, 0.05) is 0 Å². The highest BCUT2D eigenvalue weighted by Crippen LogP contribution is 2.19. The number of nitrogens with one attached hydrogen (secondary N) is 1. The monoisotopic (exact) mass is 206 g/mol. The topological polar surface area (TPSA) is 140 Å². The molecule has 0 amide bonds. The number of aliphatic hydroxyl groups excluding tert-OH is 4. The van der Waals surface area contributed by atoms with Crippen LogP contribution in [0.3, 0.4) is 0 Å². The third-order valence-corrected chi connectivity index (χ3v) is 2.02. The zero-order chi connectivity index (χ0) is 10.7. The van der Waals surface area contributed by atoms with Crippen LogP contribution in [0.15, 0.2) is 5.11 Å². The lowest BCUT2D eigenvalue weighted by Gasteiger charge is -2.36. The number of aliphatic hydroxyl groups is 4. The second-order valence-electron chi connectivity index (χ2n) is 2.96. The van der Waals surface area contributed by atoms with E-state index in [9.17, 15) is 10.2 Å². The van der Waals surface area contributed by atoms with Crippen LogP contribution in [0, 0.1) is 5.53 Å². The molecule has 0 bridgehead atoms. The molecule has 5 atom stereocenters. The van der Waals surface area contributed by atoms with Crippen LogP contribution < -0.4 is 4.91 Å². The Morgan fingerprint density at radius 3 is 2.36 bits per heavy atom. The number of nitrogens with zero attached hydrogens (tertiary/aromatic N) is 2. The van der Waals surface area contributed by atoms with Gasteiger partial charge in [0.15, 0.2) is 12.8 Å². The Hall–Kier alpha value is -0.890. The lowest BCUT2D eigenvalue weighted by molar-refractivity contribution is -0.279. The summed E-state index contributed by atoms with van der Waals surface area (Å²) in [6.45, 7) is -0.161.